The van der Waals surface area contributed by atoms with Crippen LogP contribution in [0.25, 0.3) is 66.1 Å². The number of furan rings is 2. The van der Waals surface area contributed by atoms with Crippen molar-refractivity contribution in [1.29, 1.82) is 0 Å². The SMILES string of the molecule is Cc1cccc(-c2cc(-c3ccc4oc5ccc(I)cc5c4c3)cc3c2oc2ccccc23)c1. The molecule has 0 radical (unpaired) electrons. The van der Waals surface area contributed by atoms with Crippen LogP contribution in [0.3, 0.4) is 0 Å². The molecule has 2 nitrogen and oxygen atoms in total. The molecule has 7 rings (SSSR count). The van der Waals surface area contributed by atoms with E-state index >= 15 is 0 Å². The highest BCUT2D eigenvalue weighted by Crippen LogP contribution is 2.41. The first-order chi connectivity index (χ1) is 16.6. The fourth-order valence-electron chi connectivity index (χ4n) is 4.95. The summed E-state index contributed by atoms with van der Waals surface area (Å²) in [5.74, 6) is 0. The Balaban J connectivity index is 1.54. The van der Waals surface area contributed by atoms with E-state index in [1.807, 2.05) is 12.1 Å². The molecule has 0 N–H and O–H groups in total. The van der Waals surface area contributed by atoms with Gasteiger partial charge in [-0.05, 0) is 94.7 Å². The van der Waals surface area contributed by atoms with Gasteiger partial charge in [-0.2, -0.15) is 0 Å². The van der Waals surface area contributed by atoms with Gasteiger partial charge >= 0.3 is 0 Å². The van der Waals surface area contributed by atoms with Crippen LogP contribution in [0.2, 0.25) is 0 Å². The largest absolute Gasteiger partial charge is 0.456 e. The van der Waals surface area contributed by atoms with Crippen LogP contribution in [-0.2, 0) is 0 Å². The lowest BCUT2D eigenvalue weighted by Crippen LogP contribution is -1.85. The van der Waals surface area contributed by atoms with Crippen molar-refractivity contribution in [2.45, 2.75) is 6.92 Å². The number of hydrogen-bond acceptors (Lipinski definition) is 2. The first-order valence-corrected chi connectivity index (χ1v) is 12.4. The summed E-state index contributed by atoms with van der Waals surface area (Å²) in [5, 5.41) is 4.56. The molecule has 2 aromatic heterocycles. The predicted octanol–water partition coefficient (Wildman–Crippen LogP) is 9.73. The van der Waals surface area contributed by atoms with Gasteiger partial charge in [0.05, 0.1) is 0 Å². The van der Waals surface area contributed by atoms with E-state index < -0.39 is 0 Å². The molecular weight excluding hydrogens is 531 g/mol. The van der Waals surface area contributed by atoms with Crippen molar-refractivity contribution < 1.29 is 8.83 Å². The first-order valence-electron chi connectivity index (χ1n) is 11.3. The lowest BCUT2D eigenvalue weighted by Gasteiger charge is -2.09. The van der Waals surface area contributed by atoms with Crippen molar-refractivity contribution in [3.05, 3.63) is 106 Å². The second kappa shape index (κ2) is 7.47. The van der Waals surface area contributed by atoms with Crippen LogP contribution in [0.15, 0.2) is 106 Å². The van der Waals surface area contributed by atoms with Crippen LogP contribution in [0.4, 0.5) is 0 Å². The third kappa shape index (κ3) is 3.07. The van der Waals surface area contributed by atoms with E-state index in [1.165, 1.54) is 9.13 Å². The number of halogens is 1. The molecule has 0 saturated heterocycles. The first kappa shape index (κ1) is 19.9. The molecule has 0 aliphatic heterocycles. The fraction of sp³-hybridized carbons (Fsp3) is 0.0323. The van der Waals surface area contributed by atoms with Gasteiger partial charge in [0, 0.05) is 30.7 Å². The zero-order valence-electron chi connectivity index (χ0n) is 18.4. The van der Waals surface area contributed by atoms with E-state index in [1.54, 1.807) is 0 Å². The minimum Gasteiger partial charge on any atom is -0.456 e. The van der Waals surface area contributed by atoms with Gasteiger partial charge in [0.25, 0.3) is 0 Å². The Labute approximate surface area is 209 Å². The maximum atomic E-state index is 6.38. The van der Waals surface area contributed by atoms with Crippen LogP contribution >= 0.6 is 22.6 Å². The van der Waals surface area contributed by atoms with E-state index in [4.69, 9.17) is 8.83 Å². The van der Waals surface area contributed by atoms with Gasteiger partial charge in [0.2, 0.25) is 0 Å². The number of benzene rings is 5. The topological polar surface area (TPSA) is 26.3 Å². The maximum absolute atomic E-state index is 6.38. The molecule has 0 bridgehead atoms. The van der Waals surface area contributed by atoms with Crippen LogP contribution in [0.1, 0.15) is 5.56 Å². The molecule has 0 amide bonds. The lowest BCUT2D eigenvalue weighted by atomic mass is 9.94. The molecule has 0 unspecified atom stereocenters. The lowest BCUT2D eigenvalue weighted by molar-refractivity contribution is 0.668. The van der Waals surface area contributed by atoms with Gasteiger partial charge in [-0.3, -0.25) is 0 Å². The molecule has 0 aliphatic rings. The molecule has 3 heteroatoms. The Bertz CT molecular complexity index is 1890. The van der Waals surface area contributed by atoms with Crippen molar-refractivity contribution in [3.8, 4) is 22.3 Å². The smallest absolute Gasteiger partial charge is 0.143 e. The normalized spacial score (nSPS) is 11.8. The quantitative estimate of drug-likeness (QED) is 0.200. The molecule has 2 heterocycles. The number of aryl methyl sites for hydroxylation is 1. The van der Waals surface area contributed by atoms with Crippen LogP contribution in [0.5, 0.6) is 0 Å². The zero-order chi connectivity index (χ0) is 22.8. The number of hydrogen-bond donors (Lipinski definition) is 0. The van der Waals surface area contributed by atoms with Gasteiger partial charge in [-0.1, -0.05) is 54.1 Å². The fourth-order valence-corrected chi connectivity index (χ4v) is 5.44. The minimum absolute atomic E-state index is 0.911. The summed E-state index contributed by atoms with van der Waals surface area (Å²) in [4.78, 5) is 0. The third-order valence-electron chi connectivity index (χ3n) is 6.57. The number of para-hydroxylation sites is 1. The van der Waals surface area contributed by atoms with E-state index in [-0.39, 0.29) is 0 Å². The van der Waals surface area contributed by atoms with Crippen LogP contribution in [-0.4, -0.2) is 0 Å². The molecule has 34 heavy (non-hydrogen) atoms. The molecule has 0 spiro atoms. The Kier molecular flexibility index (Phi) is 4.36. The number of rotatable bonds is 2. The van der Waals surface area contributed by atoms with E-state index in [0.29, 0.717) is 0 Å². The van der Waals surface area contributed by atoms with Crippen molar-refractivity contribution >= 4 is 66.5 Å². The summed E-state index contributed by atoms with van der Waals surface area (Å²) in [6.07, 6.45) is 0. The minimum atomic E-state index is 0.911. The third-order valence-corrected chi connectivity index (χ3v) is 7.24. The number of fused-ring (bicyclic) bond motifs is 6. The summed E-state index contributed by atoms with van der Waals surface area (Å²) in [7, 11) is 0. The monoisotopic (exact) mass is 550 g/mol. The second-order valence-corrected chi connectivity index (χ2v) is 10.1. The summed E-state index contributed by atoms with van der Waals surface area (Å²) in [5.41, 5.74) is 9.50. The molecule has 162 valence electrons. The van der Waals surface area contributed by atoms with Gasteiger partial charge in [0.1, 0.15) is 22.3 Å². The van der Waals surface area contributed by atoms with Gasteiger partial charge in [0.15, 0.2) is 0 Å². The van der Waals surface area contributed by atoms with Gasteiger partial charge in [-0.15, -0.1) is 0 Å². The molecule has 0 atom stereocenters. The van der Waals surface area contributed by atoms with Gasteiger partial charge in [-0.25, -0.2) is 0 Å². The Hall–Kier alpha value is -3.57. The Morgan fingerprint density at radius 2 is 1.29 bits per heavy atom. The Morgan fingerprint density at radius 3 is 2.18 bits per heavy atom. The molecular formula is C31H19IO2. The Morgan fingerprint density at radius 1 is 0.529 bits per heavy atom. The summed E-state index contributed by atoms with van der Waals surface area (Å²) in [6.45, 7) is 2.13. The highest BCUT2D eigenvalue weighted by Gasteiger charge is 2.16. The molecule has 7 aromatic rings. The van der Waals surface area contributed by atoms with Crippen molar-refractivity contribution in [1.82, 2.24) is 0 Å². The molecule has 0 aliphatic carbocycles. The highest BCUT2D eigenvalue weighted by molar-refractivity contribution is 14.1. The van der Waals surface area contributed by atoms with E-state index in [2.05, 4.69) is 114 Å². The highest BCUT2D eigenvalue weighted by atomic mass is 127. The summed E-state index contributed by atoms with van der Waals surface area (Å²) >= 11 is 2.36. The predicted molar refractivity (Wildman–Crippen MR) is 149 cm³/mol. The maximum Gasteiger partial charge on any atom is 0.143 e. The van der Waals surface area contributed by atoms with Crippen LogP contribution < -0.4 is 0 Å². The van der Waals surface area contributed by atoms with Crippen molar-refractivity contribution in [2.24, 2.45) is 0 Å². The van der Waals surface area contributed by atoms with E-state index in [0.717, 1.165) is 66.1 Å². The summed E-state index contributed by atoms with van der Waals surface area (Å²) < 4.78 is 13.7. The van der Waals surface area contributed by atoms with E-state index in [9.17, 15) is 0 Å². The summed E-state index contributed by atoms with van der Waals surface area (Å²) in [6, 6.07) is 34.2. The average molecular weight is 550 g/mol. The molecule has 0 fully saturated rings. The van der Waals surface area contributed by atoms with Crippen molar-refractivity contribution in [2.75, 3.05) is 0 Å². The van der Waals surface area contributed by atoms with Crippen LogP contribution in [0, 0.1) is 10.5 Å². The zero-order valence-corrected chi connectivity index (χ0v) is 20.6. The molecule has 0 saturated carbocycles. The van der Waals surface area contributed by atoms with Gasteiger partial charge < -0.3 is 8.83 Å². The standard InChI is InChI=1S/C31H19IO2/c1-18-5-4-6-20(13-18)24-15-21(16-27-23-7-2-3-8-28(23)34-31(24)27)19-9-11-29-25(14-19)26-17-22(32)10-12-30(26)33-29/h2-17H,1H3. The average Bonchev–Trinajstić information content (AvgIpc) is 3.41. The molecule has 5 aromatic carbocycles. The second-order valence-electron chi connectivity index (χ2n) is 8.82. The van der Waals surface area contributed by atoms with Crippen molar-refractivity contribution in [3.63, 3.8) is 0 Å².